The first-order valence-corrected chi connectivity index (χ1v) is 6.38. The van der Waals surface area contributed by atoms with Gasteiger partial charge in [-0.2, -0.15) is 5.10 Å². The van der Waals surface area contributed by atoms with Crippen LogP contribution in [0.15, 0.2) is 12.4 Å². The van der Waals surface area contributed by atoms with Gasteiger partial charge in [0.05, 0.1) is 18.5 Å². The van der Waals surface area contributed by atoms with Gasteiger partial charge < -0.3 is 21.1 Å². The van der Waals surface area contributed by atoms with Crippen LogP contribution < -0.4 is 16.4 Å². The summed E-state index contributed by atoms with van der Waals surface area (Å²) in [6.45, 7) is 1.49. The lowest BCUT2D eigenvalue weighted by molar-refractivity contribution is -0.121. The maximum absolute atomic E-state index is 11.2. The maximum atomic E-state index is 11.2. The molecule has 7 heteroatoms. The van der Waals surface area contributed by atoms with E-state index < -0.39 is 0 Å². The molecule has 108 valence electrons. The molecule has 0 aliphatic rings. The maximum Gasteiger partial charge on any atom is 0.241 e. The number of nitrogens with one attached hydrogen (secondary N) is 2. The highest BCUT2D eigenvalue weighted by molar-refractivity contribution is 5.75. The van der Waals surface area contributed by atoms with Crippen LogP contribution in [0.25, 0.3) is 0 Å². The van der Waals surface area contributed by atoms with Gasteiger partial charge in [0.15, 0.2) is 0 Å². The van der Waals surface area contributed by atoms with E-state index in [4.69, 9.17) is 10.5 Å². The molecule has 1 unspecified atom stereocenters. The van der Waals surface area contributed by atoms with Gasteiger partial charge in [0, 0.05) is 26.4 Å². The number of methoxy groups -OCH3 is 1. The SMILES string of the molecule is CNC(=O)Cn1cc(NC(CCCN)COC)cn1. The monoisotopic (exact) mass is 269 g/mol. The third-order valence-electron chi connectivity index (χ3n) is 2.71. The van der Waals surface area contributed by atoms with E-state index in [0.717, 1.165) is 18.5 Å². The lowest BCUT2D eigenvalue weighted by Gasteiger charge is -2.17. The second kappa shape index (κ2) is 8.49. The molecule has 1 amide bonds. The number of hydrogen-bond acceptors (Lipinski definition) is 5. The van der Waals surface area contributed by atoms with E-state index in [9.17, 15) is 4.79 Å². The molecule has 0 aliphatic heterocycles. The van der Waals surface area contributed by atoms with Crippen molar-refractivity contribution in [2.75, 3.05) is 32.6 Å². The summed E-state index contributed by atoms with van der Waals surface area (Å²) in [5.41, 5.74) is 6.39. The number of nitrogens with zero attached hydrogens (tertiary/aromatic N) is 2. The van der Waals surface area contributed by atoms with Crippen LogP contribution in [0.2, 0.25) is 0 Å². The number of likely N-dealkylation sites (N-methyl/N-ethyl adjacent to an activating group) is 1. The number of ether oxygens (including phenoxy) is 1. The molecular formula is C12H23N5O2. The van der Waals surface area contributed by atoms with Crippen molar-refractivity contribution < 1.29 is 9.53 Å². The number of amides is 1. The van der Waals surface area contributed by atoms with Gasteiger partial charge >= 0.3 is 0 Å². The van der Waals surface area contributed by atoms with Crippen LogP contribution in [0.4, 0.5) is 5.69 Å². The van der Waals surface area contributed by atoms with Crippen LogP contribution >= 0.6 is 0 Å². The van der Waals surface area contributed by atoms with Gasteiger partial charge in [-0.3, -0.25) is 9.48 Å². The fourth-order valence-corrected chi connectivity index (χ4v) is 1.75. The van der Waals surface area contributed by atoms with E-state index in [0.29, 0.717) is 13.2 Å². The van der Waals surface area contributed by atoms with Crippen LogP contribution in [0.3, 0.4) is 0 Å². The standard InChI is InChI=1S/C12H23N5O2/c1-14-12(18)8-17-7-11(6-15-17)16-10(9-19-2)4-3-5-13/h6-7,10,16H,3-5,8-9,13H2,1-2H3,(H,14,18). The molecule has 1 atom stereocenters. The van der Waals surface area contributed by atoms with Crippen LogP contribution in [0, 0.1) is 0 Å². The van der Waals surface area contributed by atoms with Crippen molar-refractivity contribution in [1.29, 1.82) is 0 Å². The number of carbonyl (C=O) groups excluding carboxylic acids is 1. The zero-order valence-electron chi connectivity index (χ0n) is 11.6. The molecule has 0 saturated heterocycles. The van der Waals surface area contributed by atoms with E-state index in [1.807, 2.05) is 0 Å². The van der Waals surface area contributed by atoms with E-state index in [-0.39, 0.29) is 18.5 Å². The second-order valence-corrected chi connectivity index (χ2v) is 4.33. The highest BCUT2D eigenvalue weighted by Gasteiger charge is 2.09. The number of hydrogen-bond donors (Lipinski definition) is 3. The summed E-state index contributed by atoms with van der Waals surface area (Å²) in [7, 11) is 3.28. The zero-order valence-corrected chi connectivity index (χ0v) is 11.6. The number of nitrogens with two attached hydrogens (primary N) is 1. The van der Waals surface area contributed by atoms with Crippen LogP contribution in [0.1, 0.15) is 12.8 Å². The molecule has 0 saturated carbocycles. The predicted molar refractivity (Wildman–Crippen MR) is 73.9 cm³/mol. The summed E-state index contributed by atoms with van der Waals surface area (Å²) >= 11 is 0. The highest BCUT2D eigenvalue weighted by atomic mass is 16.5. The van der Waals surface area contributed by atoms with Crippen molar-refractivity contribution in [2.24, 2.45) is 5.73 Å². The molecule has 0 aromatic carbocycles. The molecule has 0 aliphatic carbocycles. The van der Waals surface area contributed by atoms with Crippen molar-refractivity contribution in [3.63, 3.8) is 0 Å². The Morgan fingerprint density at radius 3 is 3.05 bits per heavy atom. The minimum Gasteiger partial charge on any atom is -0.383 e. The molecule has 1 aromatic heterocycles. The average Bonchev–Trinajstić information content (AvgIpc) is 2.83. The van der Waals surface area contributed by atoms with Crippen LogP contribution in [0.5, 0.6) is 0 Å². The number of rotatable bonds is 9. The Labute approximate surface area is 113 Å². The third-order valence-corrected chi connectivity index (χ3v) is 2.71. The van der Waals surface area contributed by atoms with Gasteiger partial charge in [-0.1, -0.05) is 0 Å². The van der Waals surface area contributed by atoms with E-state index in [1.54, 1.807) is 31.2 Å². The van der Waals surface area contributed by atoms with Crippen molar-refractivity contribution >= 4 is 11.6 Å². The van der Waals surface area contributed by atoms with Crippen molar-refractivity contribution in [3.05, 3.63) is 12.4 Å². The molecular weight excluding hydrogens is 246 g/mol. The Hall–Kier alpha value is -1.60. The van der Waals surface area contributed by atoms with Gasteiger partial charge in [0.1, 0.15) is 6.54 Å². The molecule has 1 heterocycles. The van der Waals surface area contributed by atoms with Gasteiger partial charge in [0.25, 0.3) is 0 Å². The van der Waals surface area contributed by atoms with Gasteiger partial charge in [-0.25, -0.2) is 0 Å². The van der Waals surface area contributed by atoms with E-state index in [2.05, 4.69) is 15.7 Å². The first kappa shape index (κ1) is 15.5. The molecule has 1 aromatic rings. The Balaban J connectivity index is 2.51. The third kappa shape index (κ3) is 5.71. The predicted octanol–water partition coefficient (Wildman–Crippen LogP) is -0.205. The van der Waals surface area contributed by atoms with E-state index >= 15 is 0 Å². The highest BCUT2D eigenvalue weighted by Crippen LogP contribution is 2.10. The molecule has 0 radical (unpaired) electrons. The smallest absolute Gasteiger partial charge is 0.241 e. The Morgan fingerprint density at radius 1 is 1.63 bits per heavy atom. The first-order chi connectivity index (χ1) is 9.19. The number of carbonyl (C=O) groups is 1. The lowest BCUT2D eigenvalue weighted by atomic mass is 10.1. The minimum atomic E-state index is -0.0776. The summed E-state index contributed by atoms with van der Waals surface area (Å²) in [5, 5.41) is 10.0. The molecule has 19 heavy (non-hydrogen) atoms. The first-order valence-electron chi connectivity index (χ1n) is 6.38. The van der Waals surface area contributed by atoms with Gasteiger partial charge in [-0.05, 0) is 19.4 Å². The molecule has 7 nitrogen and oxygen atoms in total. The van der Waals surface area contributed by atoms with Crippen LogP contribution in [-0.4, -0.2) is 49.0 Å². The molecule has 4 N–H and O–H groups in total. The molecule has 1 rings (SSSR count). The molecule has 0 fully saturated rings. The van der Waals surface area contributed by atoms with Gasteiger partial charge in [-0.15, -0.1) is 0 Å². The van der Waals surface area contributed by atoms with E-state index in [1.165, 1.54) is 0 Å². The Kier molecular flexibility index (Phi) is 6.91. The number of aromatic nitrogens is 2. The summed E-state index contributed by atoms with van der Waals surface area (Å²) in [4.78, 5) is 11.2. The Bertz CT molecular complexity index is 380. The zero-order chi connectivity index (χ0) is 14.1. The second-order valence-electron chi connectivity index (χ2n) is 4.33. The number of anilines is 1. The summed E-state index contributed by atoms with van der Waals surface area (Å²) < 4.78 is 6.76. The summed E-state index contributed by atoms with van der Waals surface area (Å²) in [6, 6.07) is 0.200. The average molecular weight is 269 g/mol. The minimum absolute atomic E-state index is 0.0776. The lowest BCUT2D eigenvalue weighted by Crippen LogP contribution is -2.26. The van der Waals surface area contributed by atoms with Crippen molar-refractivity contribution in [3.8, 4) is 0 Å². The Morgan fingerprint density at radius 2 is 2.42 bits per heavy atom. The topological polar surface area (TPSA) is 94.2 Å². The fraction of sp³-hybridized carbons (Fsp3) is 0.667. The van der Waals surface area contributed by atoms with Crippen molar-refractivity contribution in [2.45, 2.75) is 25.4 Å². The van der Waals surface area contributed by atoms with Gasteiger partial charge in [0.2, 0.25) is 5.91 Å². The summed E-state index contributed by atoms with van der Waals surface area (Å²) in [6.07, 6.45) is 5.38. The normalized spacial score (nSPS) is 12.2. The van der Waals surface area contributed by atoms with Crippen molar-refractivity contribution in [1.82, 2.24) is 15.1 Å². The largest absolute Gasteiger partial charge is 0.383 e. The quantitative estimate of drug-likeness (QED) is 0.577. The molecule has 0 spiro atoms. The molecule has 0 bridgehead atoms. The van der Waals surface area contributed by atoms with Crippen LogP contribution in [-0.2, 0) is 16.1 Å². The fourth-order valence-electron chi connectivity index (χ4n) is 1.75. The summed E-state index contributed by atoms with van der Waals surface area (Å²) in [5.74, 6) is -0.0776.